The van der Waals surface area contributed by atoms with Crippen LogP contribution in [0, 0.1) is 5.92 Å². The maximum atomic E-state index is 12.2. The fourth-order valence-electron chi connectivity index (χ4n) is 10.9. The van der Waals surface area contributed by atoms with E-state index in [4.69, 9.17) is 21.3 Å². The van der Waals surface area contributed by atoms with Gasteiger partial charge < -0.3 is 19.9 Å². The van der Waals surface area contributed by atoms with Crippen LogP contribution in [-0.2, 0) is 17.4 Å². The van der Waals surface area contributed by atoms with Crippen molar-refractivity contribution < 1.29 is 14.3 Å². The molecule has 0 radical (unpaired) electrons. The largest absolute Gasteiger partial charge is 0.492 e. The average Bonchev–Trinajstić information content (AvgIpc) is 3.81. The lowest BCUT2D eigenvalue weighted by molar-refractivity contribution is 0.0810. The van der Waals surface area contributed by atoms with Crippen LogP contribution in [0.4, 0.5) is 11.4 Å². The fourth-order valence-corrected chi connectivity index (χ4v) is 11.1. The highest BCUT2D eigenvalue weighted by atomic mass is 35.5. The van der Waals surface area contributed by atoms with Gasteiger partial charge >= 0.3 is 0 Å². The van der Waals surface area contributed by atoms with Crippen molar-refractivity contribution in [3.63, 3.8) is 0 Å². The number of rotatable bonds is 6. The van der Waals surface area contributed by atoms with E-state index < -0.39 is 0 Å². The number of nitrogens with zero attached hydrogens (tertiary/aromatic N) is 4. The van der Waals surface area contributed by atoms with Crippen LogP contribution in [0.25, 0.3) is 0 Å². The number of carbonyl (C=O) groups excluding carboxylic acids is 2. The van der Waals surface area contributed by atoms with Gasteiger partial charge in [0.15, 0.2) is 6.29 Å². The van der Waals surface area contributed by atoms with Gasteiger partial charge in [-0.15, -0.1) is 0 Å². The number of amides is 1. The third-order valence-corrected chi connectivity index (χ3v) is 14.3. The Morgan fingerprint density at radius 2 is 1.70 bits per heavy atom. The summed E-state index contributed by atoms with van der Waals surface area (Å²) in [6.45, 7) is 11.6. The zero-order valence-corrected chi connectivity index (χ0v) is 32.2. The highest BCUT2D eigenvalue weighted by Gasteiger charge is 2.46. The first kappa shape index (κ1) is 35.0. The molecular weight excluding hydrogens is 682 g/mol. The zero-order chi connectivity index (χ0) is 36.5. The standard InChI is InChI=1S/C44H52ClN5O3/c1-43(2)35-13-9-30(23-39(35)50(42(43)46-3)38-6-4-5-37(45)34(38)26-51)29-15-19-49(20-16-29)31-10-7-28(8-11-31)25-48-21-17-44(18-22-48)27-53-40-33-24-47-41(52)32(33)12-14-36(40)44/h4-6,9,12-14,23,26,28-29,31H,7-8,10-11,15-22,24-25,27H2,1-3H3,(H,47,52). The molecule has 1 N–H and O–H groups in total. The normalized spacial score (nSPS) is 26.0. The smallest absolute Gasteiger partial charge is 0.252 e. The molecule has 3 fully saturated rings. The second-order valence-electron chi connectivity index (χ2n) is 17.1. The molecule has 5 aliphatic heterocycles. The van der Waals surface area contributed by atoms with E-state index in [1.165, 1.54) is 61.8 Å². The van der Waals surface area contributed by atoms with E-state index in [1.807, 2.05) is 25.2 Å². The Morgan fingerprint density at radius 3 is 2.43 bits per heavy atom. The van der Waals surface area contributed by atoms with Crippen molar-refractivity contribution in [2.45, 2.75) is 94.5 Å². The second-order valence-corrected chi connectivity index (χ2v) is 17.5. The summed E-state index contributed by atoms with van der Waals surface area (Å²) >= 11 is 6.51. The summed E-state index contributed by atoms with van der Waals surface area (Å²) in [5.41, 5.74) is 8.03. The number of fused-ring (bicyclic) bond motifs is 5. The number of aldehydes is 1. The molecule has 1 amide bonds. The van der Waals surface area contributed by atoms with Crippen molar-refractivity contribution in [2.75, 3.05) is 51.3 Å². The number of amidine groups is 1. The van der Waals surface area contributed by atoms with Gasteiger partial charge in [0.2, 0.25) is 0 Å². The Hall–Kier alpha value is -3.72. The number of hydrogen-bond donors (Lipinski definition) is 1. The van der Waals surface area contributed by atoms with Crippen molar-refractivity contribution in [2.24, 2.45) is 10.9 Å². The number of benzene rings is 3. The molecule has 6 aliphatic rings. The van der Waals surface area contributed by atoms with Crippen molar-refractivity contribution in [1.29, 1.82) is 0 Å². The van der Waals surface area contributed by atoms with E-state index in [2.05, 4.69) is 58.1 Å². The van der Waals surface area contributed by atoms with Crippen LogP contribution in [-0.4, -0.2) is 80.2 Å². The first-order valence-electron chi connectivity index (χ1n) is 19.9. The van der Waals surface area contributed by atoms with Crippen LogP contribution in [0.5, 0.6) is 5.75 Å². The third kappa shape index (κ3) is 5.82. The average molecular weight is 734 g/mol. The summed E-state index contributed by atoms with van der Waals surface area (Å²) in [5.74, 6) is 3.26. The van der Waals surface area contributed by atoms with Crippen LogP contribution in [0.15, 0.2) is 53.5 Å². The number of ether oxygens (including phenoxy) is 1. The number of piperidine rings is 2. The Balaban J connectivity index is 0.793. The topological polar surface area (TPSA) is 77.5 Å². The van der Waals surface area contributed by atoms with Gasteiger partial charge in [0.25, 0.3) is 5.91 Å². The molecule has 278 valence electrons. The molecule has 1 aliphatic carbocycles. The zero-order valence-electron chi connectivity index (χ0n) is 31.4. The van der Waals surface area contributed by atoms with E-state index in [1.54, 1.807) is 6.07 Å². The first-order chi connectivity index (χ1) is 25.7. The van der Waals surface area contributed by atoms with E-state index >= 15 is 0 Å². The number of anilines is 2. The minimum atomic E-state index is -0.289. The maximum Gasteiger partial charge on any atom is 0.252 e. The van der Waals surface area contributed by atoms with Gasteiger partial charge in [0.1, 0.15) is 11.6 Å². The highest BCUT2D eigenvalue weighted by Crippen LogP contribution is 2.50. The van der Waals surface area contributed by atoms with Crippen molar-refractivity contribution in [3.8, 4) is 5.75 Å². The molecule has 0 unspecified atom stereocenters. The van der Waals surface area contributed by atoms with Gasteiger partial charge in [0.05, 0.1) is 28.6 Å². The summed E-state index contributed by atoms with van der Waals surface area (Å²) in [5, 5.41) is 3.43. The number of likely N-dealkylation sites (tertiary alicyclic amines) is 2. The number of aliphatic imine (C=N–C) groups is 1. The molecule has 3 aromatic carbocycles. The molecule has 0 bridgehead atoms. The summed E-state index contributed by atoms with van der Waals surface area (Å²) in [6, 6.07) is 17.6. The number of halogens is 1. The quantitative estimate of drug-likeness (QED) is 0.259. The van der Waals surface area contributed by atoms with Crippen molar-refractivity contribution in [3.05, 3.63) is 86.9 Å². The first-order valence-corrected chi connectivity index (χ1v) is 20.3. The number of hydrogen-bond acceptors (Lipinski definition) is 6. The molecule has 9 rings (SSSR count). The van der Waals surface area contributed by atoms with Crippen LogP contribution >= 0.6 is 11.6 Å². The molecule has 1 saturated carbocycles. The van der Waals surface area contributed by atoms with Gasteiger partial charge in [-0.1, -0.05) is 35.9 Å². The van der Waals surface area contributed by atoms with Gasteiger partial charge in [-0.3, -0.25) is 19.5 Å². The van der Waals surface area contributed by atoms with Crippen molar-refractivity contribution >= 4 is 41.0 Å². The Bertz CT molecular complexity index is 1970. The lowest BCUT2D eigenvalue weighted by atomic mass is 9.73. The Labute approximate surface area is 318 Å². The summed E-state index contributed by atoms with van der Waals surface area (Å²) in [4.78, 5) is 36.8. The van der Waals surface area contributed by atoms with Gasteiger partial charge in [-0.25, -0.2) is 0 Å². The predicted octanol–water partition coefficient (Wildman–Crippen LogP) is 8.02. The fraction of sp³-hybridized carbons (Fsp3) is 0.523. The van der Waals surface area contributed by atoms with E-state index in [0.717, 1.165) is 91.9 Å². The lowest BCUT2D eigenvalue weighted by Gasteiger charge is -2.43. The van der Waals surface area contributed by atoms with E-state index in [9.17, 15) is 9.59 Å². The van der Waals surface area contributed by atoms with E-state index in [-0.39, 0.29) is 16.7 Å². The SMILES string of the molecule is CN=C1N(c2cccc(Cl)c2C=O)c2cc(C3CCN(C4CCC(CN5CCC6(CC5)COc5c6ccc6c5CNC6=O)CC4)CC3)ccc2C1(C)C. The van der Waals surface area contributed by atoms with Gasteiger partial charge in [-0.05, 0) is 139 Å². The molecular formula is C44H52ClN5O3. The monoisotopic (exact) mass is 733 g/mol. The second kappa shape index (κ2) is 13.5. The molecule has 0 atom stereocenters. The molecule has 3 aromatic rings. The maximum absolute atomic E-state index is 12.2. The number of carbonyl (C=O) groups is 2. The molecule has 8 nitrogen and oxygen atoms in total. The molecule has 53 heavy (non-hydrogen) atoms. The molecule has 5 heterocycles. The van der Waals surface area contributed by atoms with Crippen LogP contribution in [0.2, 0.25) is 5.02 Å². The number of nitrogens with one attached hydrogen (secondary N) is 1. The van der Waals surface area contributed by atoms with Crippen LogP contribution in [0.3, 0.4) is 0 Å². The minimum Gasteiger partial charge on any atom is -0.492 e. The van der Waals surface area contributed by atoms with Crippen LogP contribution in [0.1, 0.15) is 114 Å². The Morgan fingerprint density at radius 1 is 0.943 bits per heavy atom. The predicted molar refractivity (Wildman–Crippen MR) is 212 cm³/mol. The molecule has 2 saturated heterocycles. The lowest BCUT2D eigenvalue weighted by Crippen LogP contribution is -2.46. The van der Waals surface area contributed by atoms with Crippen LogP contribution < -0.4 is 15.0 Å². The third-order valence-electron chi connectivity index (χ3n) is 14.0. The highest BCUT2D eigenvalue weighted by molar-refractivity contribution is 6.34. The molecule has 1 spiro atoms. The summed E-state index contributed by atoms with van der Waals surface area (Å²) in [6.07, 6.45) is 10.8. The van der Waals surface area contributed by atoms with Crippen molar-refractivity contribution in [1.82, 2.24) is 15.1 Å². The van der Waals surface area contributed by atoms with Gasteiger partial charge in [0, 0.05) is 53.7 Å². The summed E-state index contributed by atoms with van der Waals surface area (Å²) < 4.78 is 6.30. The molecule has 9 heteroatoms. The summed E-state index contributed by atoms with van der Waals surface area (Å²) in [7, 11) is 1.84. The van der Waals surface area contributed by atoms with E-state index in [0.29, 0.717) is 29.1 Å². The minimum absolute atomic E-state index is 0.0289. The van der Waals surface area contributed by atoms with Gasteiger partial charge in [-0.2, -0.15) is 0 Å². The Kier molecular flexibility index (Phi) is 8.94. The molecule has 0 aromatic heterocycles.